The third-order valence-corrected chi connectivity index (χ3v) is 4.61. The van der Waals surface area contributed by atoms with Crippen LogP contribution in [0.1, 0.15) is 11.1 Å². The highest BCUT2D eigenvalue weighted by Gasteiger charge is 2.10. The van der Waals surface area contributed by atoms with E-state index < -0.39 is 4.92 Å². The van der Waals surface area contributed by atoms with E-state index >= 15 is 0 Å². The number of non-ortho nitro benzene ring substituents is 1. The van der Waals surface area contributed by atoms with Gasteiger partial charge in [0.15, 0.2) is 0 Å². The van der Waals surface area contributed by atoms with Crippen LogP contribution in [0.25, 0.3) is 33.2 Å². The maximum Gasteiger partial charge on any atom is 0.269 e. The summed E-state index contributed by atoms with van der Waals surface area (Å²) < 4.78 is 0. The Morgan fingerprint density at radius 2 is 1.44 bits per heavy atom. The van der Waals surface area contributed by atoms with Gasteiger partial charge in [-0.1, -0.05) is 48.5 Å². The van der Waals surface area contributed by atoms with E-state index in [2.05, 4.69) is 24.3 Å². The SMILES string of the molecule is N#C/C(=C/c1c2ccccc2cc2ccccc12)c1ccc([N+](=O)[O-])cc1. The number of hydrogen-bond donors (Lipinski definition) is 0. The molecule has 0 saturated heterocycles. The number of fused-ring (bicyclic) bond motifs is 2. The van der Waals surface area contributed by atoms with E-state index in [-0.39, 0.29) is 5.69 Å². The van der Waals surface area contributed by atoms with Gasteiger partial charge in [0, 0.05) is 12.1 Å². The highest BCUT2D eigenvalue weighted by molar-refractivity contribution is 6.10. The maximum absolute atomic E-state index is 10.9. The first kappa shape index (κ1) is 16.5. The third kappa shape index (κ3) is 3.03. The topological polar surface area (TPSA) is 66.9 Å². The Morgan fingerprint density at radius 3 is 1.96 bits per heavy atom. The van der Waals surface area contributed by atoms with Crippen molar-refractivity contribution in [2.24, 2.45) is 0 Å². The molecular weight excluding hydrogens is 336 g/mol. The lowest BCUT2D eigenvalue weighted by molar-refractivity contribution is -0.384. The van der Waals surface area contributed by atoms with Crippen LogP contribution in [0, 0.1) is 21.4 Å². The van der Waals surface area contributed by atoms with Crippen LogP contribution in [0.2, 0.25) is 0 Å². The number of hydrogen-bond acceptors (Lipinski definition) is 3. The van der Waals surface area contributed by atoms with Crippen LogP contribution < -0.4 is 0 Å². The van der Waals surface area contributed by atoms with E-state index in [0.29, 0.717) is 11.1 Å². The molecule has 128 valence electrons. The lowest BCUT2D eigenvalue weighted by atomic mass is 9.94. The molecule has 0 aliphatic heterocycles. The maximum atomic E-state index is 10.9. The summed E-state index contributed by atoms with van der Waals surface area (Å²) in [5.74, 6) is 0. The quantitative estimate of drug-likeness (QED) is 0.150. The number of rotatable bonds is 3. The summed E-state index contributed by atoms with van der Waals surface area (Å²) in [6.07, 6.45) is 1.87. The molecule has 0 atom stereocenters. The molecule has 0 N–H and O–H groups in total. The summed E-state index contributed by atoms with van der Waals surface area (Å²) in [7, 11) is 0. The van der Waals surface area contributed by atoms with Gasteiger partial charge in [0.1, 0.15) is 0 Å². The van der Waals surface area contributed by atoms with Crippen LogP contribution in [0.4, 0.5) is 5.69 Å². The van der Waals surface area contributed by atoms with Crippen molar-refractivity contribution in [3.05, 3.63) is 100 Å². The highest BCUT2D eigenvalue weighted by Crippen LogP contribution is 2.32. The molecule has 4 nitrogen and oxygen atoms in total. The lowest BCUT2D eigenvalue weighted by Gasteiger charge is -2.09. The highest BCUT2D eigenvalue weighted by atomic mass is 16.6. The van der Waals surface area contributed by atoms with Gasteiger partial charge in [-0.2, -0.15) is 5.26 Å². The summed E-state index contributed by atoms with van der Waals surface area (Å²) in [6.45, 7) is 0. The minimum Gasteiger partial charge on any atom is -0.258 e. The van der Waals surface area contributed by atoms with Gasteiger partial charge in [-0.3, -0.25) is 10.1 Å². The molecule has 0 aliphatic carbocycles. The Balaban J connectivity index is 1.96. The Hall–Kier alpha value is -3.97. The monoisotopic (exact) mass is 350 g/mol. The molecule has 0 unspecified atom stereocenters. The van der Waals surface area contributed by atoms with Crippen molar-refractivity contribution in [1.82, 2.24) is 0 Å². The van der Waals surface area contributed by atoms with E-state index in [0.717, 1.165) is 27.1 Å². The summed E-state index contributed by atoms with van der Waals surface area (Å²) in [5, 5.41) is 24.9. The Kier molecular flexibility index (Phi) is 4.12. The van der Waals surface area contributed by atoms with Crippen molar-refractivity contribution in [3.8, 4) is 6.07 Å². The van der Waals surface area contributed by atoms with Gasteiger partial charge in [-0.05, 0) is 56.9 Å². The number of nitro benzene ring substituents is 1. The van der Waals surface area contributed by atoms with E-state index in [1.165, 1.54) is 12.1 Å². The van der Waals surface area contributed by atoms with Gasteiger partial charge in [0.2, 0.25) is 0 Å². The second-order valence-electron chi connectivity index (χ2n) is 6.21. The molecule has 0 heterocycles. The van der Waals surface area contributed by atoms with Gasteiger partial charge < -0.3 is 0 Å². The zero-order valence-electron chi connectivity index (χ0n) is 14.3. The fourth-order valence-electron chi connectivity index (χ4n) is 3.29. The second kappa shape index (κ2) is 6.74. The van der Waals surface area contributed by atoms with Crippen molar-refractivity contribution in [2.45, 2.75) is 0 Å². The molecular formula is C23H14N2O2. The molecule has 4 heteroatoms. The molecule has 4 aromatic carbocycles. The van der Waals surface area contributed by atoms with Crippen LogP contribution in [0.15, 0.2) is 78.9 Å². The zero-order valence-corrected chi connectivity index (χ0v) is 14.3. The van der Waals surface area contributed by atoms with Gasteiger partial charge in [0.05, 0.1) is 16.6 Å². The number of allylic oxidation sites excluding steroid dienone is 1. The van der Waals surface area contributed by atoms with Gasteiger partial charge >= 0.3 is 0 Å². The smallest absolute Gasteiger partial charge is 0.258 e. The van der Waals surface area contributed by atoms with Crippen molar-refractivity contribution >= 4 is 38.9 Å². The predicted octanol–water partition coefficient (Wildman–Crippen LogP) is 5.97. The molecule has 4 rings (SSSR count). The summed E-state index contributed by atoms with van der Waals surface area (Å²) in [5.41, 5.74) is 2.09. The molecule has 0 bridgehead atoms. The van der Waals surface area contributed by atoms with Gasteiger partial charge in [-0.25, -0.2) is 0 Å². The van der Waals surface area contributed by atoms with Crippen molar-refractivity contribution < 1.29 is 4.92 Å². The first-order valence-corrected chi connectivity index (χ1v) is 8.44. The largest absolute Gasteiger partial charge is 0.269 e. The van der Waals surface area contributed by atoms with Crippen LogP contribution >= 0.6 is 0 Å². The lowest BCUT2D eigenvalue weighted by Crippen LogP contribution is -1.89. The first-order valence-electron chi connectivity index (χ1n) is 8.44. The molecule has 0 fully saturated rings. The summed E-state index contributed by atoms with van der Waals surface area (Å²) in [6, 6.07) is 26.6. The predicted molar refractivity (Wildman–Crippen MR) is 108 cm³/mol. The average molecular weight is 350 g/mol. The standard InChI is InChI=1S/C23H14N2O2/c24-15-19(16-9-11-20(12-10-16)25(26)27)14-23-21-7-3-1-5-17(21)13-18-6-2-4-8-22(18)23/h1-14H/b19-14-. The molecule has 0 spiro atoms. The van der Waals surface area contributed by atoms with E-state index in [9.17, 15) is 15.4 Å². The molecule has 4 aromatic rings. The average Bonchev–Trinajstić information content (AvgIpc) is 2.71. The number of nitriles is 1. The van der Waals surface area contributed by atoms with Crippen LogP contribution in [0.3, 0.4) is 0 Å². The fraction of sp³-hybridized carbons (Fsp3) is 0. The van der Waals surface area contributed by atoms with Crippen molar-refractivity contribution in [3.63, 3.8) is 0 Å². The van der Waals surface area contributed by atoms with E-state index in [1.54, 1.807) is 12.1 Å². The number of benzene rings is 4. The molecule has 0 aromatic heterocycles. The van der Waals surface area contributed by atoms with E-state index in [1.807, 2.05) is 42.5 Å². The van der Waals surface area contributed by atoms with Crippen molar-refractivity contribution in [2.75, 3.05) is 0 Å². The molecule has 0 amide bonds. The summed E-state index contributed by atoms with van der Waals surface area (Å²) >= 11 is 0. The van der Waals surface area contributed by atoms with Crippen LogP contribution in [-0.2, 0) is 0 Å². The molecule has 0 saturated carbocycles. The van der Waals surface area contributed by atoms with Crippen LogP contribution in [0.5, 0.6) is 0 Å². The fourth-order valence-corrected chi connectivity index (χ4v) is 3.29. The Bertz CT molecular complexity index is 1200. The van der Waals surface area contributed by atoms with Crippen molar-refractivity contribution in [1.29, 1.82) is 5.26 Å². The Labute approximate surface area is 155 Å². The number of nitro groups is 1. The van der Waals surface area contributed by atoms with Crippen LogP contribution in [-0.4, -0.2) is 4.92 Å². The molecule has 27 heavy (non-hydrogen) atoms. The Morgan fingerprint density at radius 1 is 0.889 bits per heavy atom. The summed E-state index contributed by atoms with van der Waals surface area (Å²) in [4.78, 5) is 10.4. The minimum atomic E-state index is -0.447. The number of nitrogens with zero attached hydrogens (tertiary/aromatic N) is 2. The van der Waals surface area contributed by atoms with Gasteiger partial charge in [-0.15, -0.1) is 0 Å². The normalized spacial score (nSPS) is 11.4. The minimum absolute atomic E-state index is 0.00616. The van der Waals surface area contributed by atoms with Gasteiger partial charge in [0.25, 0.3) is 5.69 Å². The molecule has 0 radical (unpaired) electrons. The zero-order chi connectivity index (χ0) is 18.8. The third-order valence-electron chi connectivity index (χ3n) is 4.61. The molecule has 0 aliphatic rings. The second-order valence-corrected chi connectivity index (χ2v) is 6.21. The van der Waals surface area contributed by atoms with E-state index in [4.69, 9.17) is 0 Å². The first-order chi connectivity index (χ1) is 13.2.